The predicted octanol–water partition coefficient (Wildman–Crippen LogP) is 41.6. The fraction of sp³-hybridized carbons (Fsp3) is 0.268. The van der Waals surface area contributed by atoms with Gasteiger partial charge in [0.05, 0.1) is 10.6 Å². The summed E-state index contributed by atoms with van der Waals surface area (Å²) >= 11 is 5.41. The van der Waals surface area contributed by atoms with Crippen LogP contribution in [0.5, 0.6) is 11.5 Å². The van der Waals surface area contributed by atoms with Crippen molar-refractivity contribution in [1.82, 2.24) is 0 Å². The lowest BCUT2D eigenvalue weighted by Crippen LogP contribution is -2.19. The summed E-state index contributed by atoms with van der Waals surface area (Å²) in [6.45, 7) is 42.1. The summed E-state index contributed by atoms with van der Waals surface area (Å²) in [5.41, 5.74) is 20.1. The Hall–Kier alpha value is -13.5. The van der Waals surface area contributed by atoms with Gasteiger partial charge in [-0.3, -0.25) is 0 Å². The van der Waals surface area contributed by atoms with Crippen molar-refractivity contribution in [3.05, 3.63) is 516 Å². The molecule has 820 valence electrons. The minimum atomic E-state index is -5.10. The zero-order valence-electron chi connectivity index (χ0n) is 85.3. The zero-order valence-corrected chi connectivity index (χ0v) is 86.1. The number of ether oxygens (including phenoxy) is 2. The van der Waals surface area contributed by atoms with Crippen LogP contribution in [-0.4, -0.2) is 13.0 Å². The quantitative estimate of drug-likeness (QED) is 0.164. The second-order valence-electron chi connectivity index (χ2n) is 33.7. The van der Waals surface area contributed by atoms with Gasteiger partial charge < -0.3 is 9.47 Å². The molecule has 0 atom stereocenters. The summed E-state index contributed by atoms with van der Waals surface area (Å²) in [4.78, 5) is 0. The van der Waals surface area contributed by atoms with Crippen LogP contribution in [0.4, 0.5) is 105 Å². The van der Waals surface area contributed by atoms with Crippen LogP contribution in [0.15, 0.2) is 273 Å². The van der Waals surface area contributed by atoms with Crippen LogP contribution >= 0.6 is 11.6 Å². The second-order valence-corrected chi connectivity index (χ2v) is 34.1. The van der Waals surface area contributed by atoms with Crippen molar-refractivity contribution in [1.29, 1.82) is 0 Å². The van der Waals surface area contributed by atoms with Crippen molar-refractivity contribution in [2.45, 2.75) is 229 Å². The highest BCUT2D eigenvalue weighted by molar-refractivity contribution is 6.30. The number of hydrogen-bond acceptors (Lipinski definition) is 2. The first-order valence-electron chi connectivity index (χ1n) is 44.5. The second kappa shape index (κ2) is 72.8. The summed E-state index contributed by atoms with van der Waals surface area (Å²) in [5, 5.41) is 0.181. The Morgan fingerprint density at radius 1 is 0.187 bits per heavy atom. The van der Waals surface area contributed by atoms with Gasteiger partial charge in [-0.1, -0.05) is 268 Å². The van der Waals surface area contributed by atoms with E-state index in [4.69, 9.17) is 11.6 Å². The predicted molar refractivity (Wildman–Crippen MR) is 571 cm³/mol. The van der Waals surface area contributed by atoms with Crippen molar-refractivity contribution in [2.24, 2.45) is 0 Å². The molecule has 15 rings (SSSR count). The molecule has 2 nitrogen and oxygen atoms in total. The molecule has 150 heavy (non-hydrogen) atoms. The van der Waals surface area contributed by atoms with Crippen molar-refractivity contribution < 1.29 is 115 Å². The molecular formula is C123H141ClF24O2. The summed E-state index contributed by atoms with van der Waals surface area (Å²) in [6, 6.07) is 75.5. The van der Waals surface area contributed by atoms with Crippen LogP contribution in [0.25, 0.3) is 0 Å². The third-order valence-electron chi connectivity index (χ3n) is 19.3. The topological polar surface area (TPSA) is 18.5 Å². The van der Waals surface area contributed by atoms with Gasteiger partial charge in [0.15, 0.2) is 40.7 Å². The molecule has 27 heteroatoms. The molecule has 0 radical (unpaired) electrons. The molecule has 15 aromatic carbocycles. The Balaban J connectivity index is -0.000000501. The van der Waals surface area contributed by atoms with Crippen LogP contribution in [0.2, 0.25) is 5.02 Å². The van der Waals surface area contributed by atoms with Crippen LogP contribution in [-0.2, 0) is 6.18 Å². The van der Waals surface area contributed by atoms with E-state index in [0.29, 0.717) is 38.9 Å². The van der Waals surface area contributed by atoms with E-state index in [0.717, 1.165) is 70.8 Å². The molecule has 0 unspecified atom stereocenters. The SMILES string of the molecule is C.C.C.C.C.Cc1cc(F)c(C)c(F)c1.Cc1cc(F)c(C)c(F)c1.Cc1cc(F)c(C)c(F)c1.Cc1cc(F)c(OC(F)(F)F)c(F)c1.Cc1cc(F)c(OC(F)F)c(F)c1.Cc1ccc(C(F)(F)F)c(F)c1.Cc1ccc(C)c(F)c1.Cc1ccc(C)c(F)c1.Cc1ccc(C)cc1.Cc1ccc(C)cc1.Cc1ccc(C)cc1.Cc1ccc(C)cc1.Cc1ccc(C)cc1.Cc1ccc(Cl)c(F)c1.Cc1ccc(F)c(F)c1. The molecular weight excluding hydrogens is 2000 g/mol. The highest BCUT2D eigenvalue weighted by Crippen LogP contribution is 2.33. The summed E-state index contributed by atoms with van der Waals surface area (Å²) in [6.07, 6.45) is -9.70. The lowest BCUT2D eigenvalue weighted by molar-refractivity contribution is -0.276. The first-order chi connectivity index (χ1) is 67.3. The Labute approximate surface area is 878 Å². The van der Waals surface area contributed by atoms with Gasteiger partial charge in [0.25, 0.3) is 0 Å². The van der Waals surface area contributed by atoms with Gasteiger partial charge in [-0.15, -0.1) is 13.2 Å². The number of benzene rings is 15. The molecule has 0 N–H and O–H groups in total. The van der Waals surface area contributed by atoms with E-state index in [1.165, 1.54) is 164 Å². The van der Waals surface area contributed by atoms with Gasteiger partial charge in [-0.05, 0) is 349 Å². The standard InChI is InChI=1S/C8H5F5O.C8H6F4O.C8H6F4.3C8H8F2.2C8H9F.5C8H10.C7H6ClF.C7H6F2.5CH4/c1-4-2-5(9)7(6(10)3-4)14-8(11,12)13;1-4-2-5(9)7(6(10)3-4)13-8(11)12;1-5-2-3-6(7(9)4-5)8(10,11)12;3*1-5-3-7(9)6(2)8(10)4-5;2*1-6-3-4-7(2)8(9)5-6;5*1-7-3-5-8(2)6-4-7;2*1-5-2-3-6(8)7(9)4-5;;;;;/h2-3H,1H3;2-3,8H,1H3;2-4H,1H3;3*3-4H,1-2H3;2*3-5H,1-2H3;5*3-6H,1-2H3;2*2-4H,1H3;5*1H4. The van der Waals surface area contributed by atoms with E-state index in [1.54, 1.807) is 65.8 Å². The van der Waals surface area contributed by atoms with Gasteiger partial charge in [0.2, 0.25) is 5.75 Å². The minimum absolute atomic E-state index is 0. The summed E-state index contributed by atoms with van der Waals surface area (Å²) in [5.74, 6) is -13.7. The molecule has 15 aromatic rings. The van der Waals surface area contributed by atoms with Gasteiger partial charge in [0.1, 0.15) is 58.2 Å². The maximum Gasteiger partial charge on any atom is 0.573 e. The summed E-state index contributed by atoms with van der Waals surface area (Å²) in [7, 11) is 0. The lowest BCUT2D eigenvalue weighted by atomic mass is 10.1. The van der Waals surface area contributed by atoms with Gasteiger partial charge in [-0.25, -0.2) is 70.2 Å². The van der Waals surface area contributed by atoms with Gasteiger partial charge >= 0.3 is 19.2 Å². The van der Waals surface area contributed by atoms with E-state index in [-0.39, 0.29) is 81.9 Å². The monoisotopic (exact) mass is 2140 g/mol. The lowest BCUT2D eigenvalue weighted by Gasteiger charge is -2.10. The number of rotatable bonds is 3. The molecule has 0 fully saturated rings. The Kier molecular flexibility index (Phi) is 70.3. The normalized spacial score (nSPS) is 9.73. The van der Waals surface area contributed by atoms with Crippen LogP contribution < -0.4 is 9.47 Å². The van der Waals surface area contributed by atoms with Crippen molar-refractivity contribution in [3.63, 3.8) is 0 Å². The smallest absolute Gasteiger partial charge is 0.429 e. The number of hydrogen-bond donors (Lipinski definition) is 0. The molecule has 0 aromatic heterocycles. The number of aryl methyl sites for hydroxylation is 22. The molecule has 0 heterocycles. The molecule has 0 saturated carbocycles. The fourth-order valence-electron chi connectivity index (χ4n) is 10.7. The average molecular weight is 2140 g/mol. The third kappa shape index (κ3) is 62.1. The highest BCUT2D eigenvalue weighted by Gasteiger charge is 2.35. The molecule has 0 aliphatic carbocycles. The first kappa shape index (κ1) is 145. The van der Waals surface area contributed by atoms with Crippen LogP contribution in [0, 0.1) is 266 Å². The third-order valence-corrected chi connectivity index (χ3v) is 19.6. The van der Waals surface area contributed by atoms with Gasteiger partial charge in [-0.2, -0.15) is 22.0 Å². The van der Waals surface area contributed by atoms with E-state index < -0.39 is 112 Å². The molecule has 0 saturated heterocycles. The maximum atomic E-state index is 12.8. The molecule has 0 aliphatic heterocycles. The van der Waals surface area contributed by atoms with E-state index in [9.17, 15) is 105 Å². The largest absolute Gasteiger partial charge is 0.573 e. The summed E-state index contributed by atoms with van der Waals surface area (Å²) < 4.78 is 302. The Morgan fingerprint density at radius 2 is 0.367 bits per heavy atom. The zero-order chi connectivity index (χ0) is 111. The average Bonchev–Trinajstić information content (AvgIpc) is 0.757. The molecule has 0 bridgehead atoms. The van der Waals surface area contributed by atoms with Crippen LogP contribution in [0.3, 0.4) is 0 Å². The molecule has 0 amide bonds. The van der Waals surface area contributed by atoms with E-state index >= 15 is 0 Å². The Morgan fingerprint density at radius 3 is 0.547 bits per heavy atom. The van der Waals surface area contributed by atoms with Crippen molar-refractivity contribution >= 4 is 11.6 Å². The van der Waals surface area contributed by atoms with Crippen LogP contribution in [0.1, 0.15) is 182 Å². The number of alkyl halides is 8. The fourth-order valence-corrected chi connectivity index (χ4v) is 10.9. The van der Waals surface area contributed by atoms with E-state index in [2.05, 4.69) is 200 Å². The molecule has 0 spiro atoms. The Bertz CT molecular complexity index is 5620. The highest BCUT2D eigenvalue weighted by atomic mass is 35.5. The van der Waals surface area contributed by atoms with E-state index in [1.807, 2.05) is 32.9 Å². The maximum absolute atomic E-state index is 12.8. The van der Waals surface area contributed by atoms with Crippen molar-refractivity contribution in [3.8, 4) is 11.5 Å². The molecule has 0 aliphatic rings. The van der Waals surface area contributed by atoms with Gasteiger partial charge in [0, 0.05) is 16.7 Å². The minimum Gasteiger partial charge on any atom is -0.429 e. The first-order valence-corrected chi connectivity index (χ1v) is 44.8. The number of halogens is 25. The van der Waals surface area contributed by atoms with Crippen molar-refractivity contribution in [2.75, 3.05) is 0 Å².